The molecule has 0 fully saturated rings. The molecule has 0 atom stereocenters. The van der Waals surface area contributed by atoms with E-state index in [0.717, 1.165) is 5.56 Å². The Hall–Kier alpha value is -2.07. The van der Waals surface area contributed by atoms with Gasteiger partial charge in [-0.2, -0.15) is 0 Å². The van der Waals surface area contributed by atoms with Crippen molar-refractivity contribution in [2.75, 3.05) is 13.2 Å². The maximum absolute atomic E-state index is 11.7. The lowest BCUT2D eigenvalue weighted by atomic mass is 10.1. The third kappa shape index (κ3) is 2.99. The SMILES string of the molecule is O=C(COc1ccccc1CCO)c1ccco1. The molecule has 2 rings (SSSR count). The third-order valence-corrected chi connectivity index (χ3v) is 2.51. The molecule has 1 heterocycles. The van der Waals surface area contributed by atoms with E-state index in [1.807, 2.05) is 18.2 Å². The topological polar surface area (TPSA) is 59.7 Å². The van der Waals surface area contributed by atoms with Gasteiger partial charge in [-0.3, -0.25) is 4.79 Å². The average molecular weight is 246 g/mol. The van der Waals surface area contributed by atoms with Gasteiger partial charge >= 0.3 is 0 Å². The molecule has 4 heteroatoms. The number of ether oxygens (including phenoxy) is 1. The van der Waals surface area contributed by atoms with E-state index in [4.69, 9.17) is 14.3 Å². The predicted octanol–water partition coefficient (Wildman–Crippen LogP) is 2.08. The Kier molecular flexibility index (Phi) is 4.15. The summed E-state index contributed by atoms with van der Waals surface area (Å²) >= 11 is 0. The van der Waals surface area contributed by atoms with Gasteiger partial charge in [0.05, 0.1) is 6.26 Å². The molecule has 0 spiro atoms. The van der Waals surface area contributed by atoms with Gasteiger partial charge in [0.1, 0.15) is 5.75 Å². The van der Waals surface area contributed by atoms with E-state index in [1.54, 1.807) is 18.2 Å². The number of para-hydroxylation sites is 1. The molecule has 0 amide bonds. The van der Waals surface area contributed by atoms with E-state index in [2.05, 4.69) is 0 Å². The fourth-order valence-corrected chi connectivity index (χ4v) is 1.62. The molecule has 0 aliphatic carbocycles. The number of rotatable bonds is 6. The van der Waals surface area contributed by atoms with Crippen LogP contribution >= 0.6 is 0 Å². The van der Waals surface area contributed by atoms with Gasteiger partial charge < -0.3 is 14.3 Å². The van der Waals surface area contributed by atoms with Crippen LogP contribution in [0.3, 0.4) is 0 Å². The molecule has 18 heavy (non-hydrogen) atoms. The molecule has 0 saturated heterocycles. The normalized spacial score (nSPS) is 10.3. The largest absolute Gasteiger partial charge is 0.485 e. The van der Waals surface area contributed by atoms with E-state index < -0.39 is 0 Å². The average Bonchev–Trinajstić information content (AvgIpc) is 2.92. The van der Waals surface area contributed by atoms with Crippen LogP contribution < -0.4 is 4.74 Å². The van der Waals surface area contributed by atoms with Crippen LogP contribution in [0.2, 0.25) is 0 Å². The third-order valence-electron chi connectivity index (χ3n) is 2.51. The second-order valence-electron chi connectivity index (χ2n) is 3.77. The summed E-state index contributed by atoms with van der Waals surface area (Å²) in [5, 5.41) is 8.93. The Morgan fingerprint density at radius 1 is 1.22 bits per heavy atom. The predicted molar refractivity (Wildman–Crippen MR) is 65.8 cm³/mol. The number of Topliss-reactive ketones (excluding diaryl/α,β-unsaturated/α-hetero) is 1. The number of hydrogen-bond donors (Lipinski definition) is 1. The van der Waals surface area contributed by atoms with Crippen molar-refractivity contribution in [3.8, 4) is 5.75 Å². The highest BCUT2D eigenvalue weighted by Crippen LogP contribution is 2.18. The molecular formula is C14H14O4. The summed E-state index contributed by atoms with van der Waals surface area (Å²) in [5.41, 5.74) is 0.882. The van der Waals surface area contributed by atoms with Crippen molar-refractivity contribution in [3.63, 3.8) is 0 Å². The summed E-state index contributed by atoms with van der Waals surface area (Å²) in [4.78, 5) is 11.7. The number of carbonyl (C=O) groups is 1. The molecule has 1 aromatic carbocycles. The van der Waals surface area contributed by atoms with E-state index >= 15 is 0 Å². The number of benzene rings is 1. The minimum atomic E-state index is -0.209. The van der Waals surface area contributed by atoms with Crippen LogP contribution in [0, 0.1) is 0 Å². The number of carbonyl (C=O) groups excluding carboxylic acids is 1. The first-order chi connectivity index (χ1) is 8.81. The molecule has 0 aliphatic rings. The van der Waals surface area contributed by atoms with Crippen molar-refractivity contribution >= 4 is 5.78 Å². The lowest BCUT2D eigenvalue weighted by molar-refractivity contribution is 0.0893. The minimum absolute atomic E-state index is 0.0481. The first kappa shape index (κ1) is 12.4. The molecule has 2 aromatic rings. The van der Waals surface area contributed by atoms with Gasteiger partial charge in [0.25, 0.3) is 0 Å². The summed E-state index contributed by atoms with van der Waals surface area (Å²) in [6, 6.07) is 10.6. The molecule has 0 bridgehead atoms. The van der Waals surface area contributed by atoms with Crippen molar-refractivity contribution in [2.45, 2.75) is 6.42 Å². The molecular weight excluding hydrogens is 232 g/mol. The van der Waals surface area contributed by atoms with Crippen LogP contribution in [-0.4, -0.2) is 24.1 Å². The highest BCUT2D eigenvalue weighted by Gasteiger charge is 2.10. The zero-order valence-electron chi connectivity index (χ0n) is 9.83. The van der Waals surface area contributed by atoms with Gasteiger partial charge in [-0.25, -0.2) is 0 Å². The Morgan fingerprint density at radius 3 is 2.78 bits per heavy atom. The van der Waals surface area contributed by atoms with Gasteiger partial charge in [0.2, 0.25) is 5.78 Å². The molecule has 4 nitrogen and oxygen atoms in total. The molecule has 0 saturated carbocycles. The lowest BCUT2D eigenvalue weighted by Gasteiger charge is -2.09. The first-order valence-corrected chi connectivity index (χ1v) is 5.69. The van der Waals surface area contributed by atoms with Crippen molar-refractivity contribution in [2.24, 2.45) is 0 Å². The van der Waals surface area contributed by atoms with Gasteiger partial charge in [-0.15, -0.1) is 0 Å². The Labute approximate surface area is 105 Å². The zero-order chi connectivity index (χ0) is 12.8. The quantitative estimate of drug-likeness (QED) is 0.793. The van der Waals surface area contributed by atoms with Gasteiger partial charge in [0.15, 0.2) is 12.4 Å². The van der Waals surface area contributed by atoms with E-state index in [1.165, 1.54) is 6.26 Å². The van der Waals surface area contributed by atoms with Crippen molar-refractivity contribution in [3.05, 3.63) is 54.0 Å². The summed E-state index contributed by atoms with van der Waals surface area (Å²) < 4.78 is 10.4. The zero-order valence-corrected chi connectivity index (χ0v) is 9.83. The van der Waals surface area contributed by atoms with Crippen LogP contribution in [-0.2, 0) is 6.42 Å². The molecule has 1 N–H and O–H groups in total. The van der Waals surface area contributed by atoms with Crippen LogP contribution in [0.5, 0.6) is 5.75 Å². The van der Waals surface area contributed by atoms with E-state index in [0.29, 0.717) is 12.2 Å². The summed E-state index contributed by atoms with van der Waals surface area (Å²) in [7, 11) is 0. The molecule has 94 valence electrons. The van der Waals surface area contributed by atoms with Gasteiger partial charge in [-0.1, -0.05) is 18.2 Å². The van der Waals surface area contributed by atoms with Crippen LogP contribution in [0.1, 0.15) is 16.1 Å². The number of aliphatic hydroxyl groups excluding tert-OH is 1. The first-order valence-electron chi connectivity index (χ1n) is 5.69. The fraction of sp³-hybridized carbons (Fsp3) is 0.214. The second-order valence-corrected chi connectivity index (χ2v) is 3.77. The van der Waals surface area contributed by atoms with Crippen molar-refractivity contribution < 1.29 is 19.1 Å². The highest BCUT2D eigenvalue weighted by atomic mass is 16.5. The van der Waals surface area contributed by atoms with Crippen molar-refractivity contribution in [1.82, 2.24) is 0 Å². The number of aliphatic hydroxyl groups is 1. The number of hydrogen-bond acceptors (Lipinski definition) is 4. The fourth-order valence-electron chi connectivity index (χ4n) is 1.62. The Balaban J connectivity index is 2.00. The molecule has 0 radical (unpaired) electrons. The summed E-state index contributed by atoms with van der Waals surface area (Å²) in [5.74, 6) is 0.694. The summed E-state index contributed by atoms with van der Waals surface area (Å²) in [6.45, 7) is -0.0253. The van der Waals surface area contributed by atoms with Crippen molar-refractivity contribution in [1.29, 1.82) is 0 Å². The number of furan rings is 1. The molecule has 1 aromatic heterocycles. The Bertz CT molecular complexity index is 502. The number of ketones is 1. The Morgan fingerprint density at radius 2 is 2.06 bits per heavy atom. The molecule has 0 aliphatic heterocycles. The smallest absolute Gasteiger partial charge is 0.235 e. The van der Waals surface area contributed by atoms with E-state index in [-0.39, 0.29) is 24.8 Å². The minimum Gasteiger partial charge on any atom is -0.485 e. The lowest BCUT2D eigenvalue weighted by Crippen LogP contribution is -2.11. The van der Waals surface area contributed by atoms with Crippen LogP contribution in [0.4, 0.5) is 0 Å². The van der Waals surface area contributed by atoms with E-state index in [9.17, 15) is 4.79 Å². The summed E-state index contributed by atoms with van der Waals surface area (Å²) in [6.07, 6.45) is 1.96. The monoisotopic (exact) mass is 246 g/mol. The van der Waals surface area contributed by atoms with Gasteiger partial charge in [-0.05, 0) is 30.2 Å². The van der Waals surface area contributed by atoms with Crippen LogP contribution in [0.15, 0.2) is 47.1 Å². The maximum Gasteiger partial charge on any atom is 0.235 e. The standard InChI is InChI=1S/C14H14O4/c15-8-7-11-4-1-2-5-13(11)18-10-12(16)14-6-3-9-17-14/h1-6,9,15H,7-8,10H2. The van der Waals surface area contributed by atoms with Crippen LogP contribution in [0.25, 0.3) is 0 Å². The highest BCUT2D eigenvalue weighted by molar-refractivity contribution is 5.94. The molecule has 0 unspecified atom stereocenters. The van der Waals surface area contributed by atoms with Gasteiger partial charge in [0, 0.05) is 6.61 Å². The maximum atomic E-state index is 11.7. The second kappa shape index (κ2) is 6.02.